The van der Waals surface area contributed by atoms with E-state index >= 15 is 0 Å². The molecule has 0 aliphatic heterocycles. The van der Waals surface area contributed by atoms with Gasteiger partial charge in [-0.3, -0.25) is 13.9 Å². The van der Waals surface area contributed by atoms with Gasteiger partial charge in [0.05, 0.1) is 27.7 Å². The zero-order valence-electron chi connectivity index (χ0n) is 24.0. The van der Waals surface area contributed by atoms with Crippen LogP contribution >= 0.6 is 34.8 Å². The molecule has 0 aliphatic rings. The van der Waals surface area contributed by atoms with Crippen LogP contribution in [0.4, 0.5) is 5.69 Å². The fraction of sp³-hybridized carbons (Fsp3) is 0.333. The van der Waals surface area contributed by atoms with Crippen molar-refractivity contribution in [2.75, 3.05) is 18.0 Å². The highest BCUT2D eigenvalue weighted by atomic mass is 35.5. The number of hydrogen-bond acceptors (Lipinski definition) is 5. The van der Waals surface area contributed by atoms with Crippen molar-refractivity contribution >= 4 is 62.3 Å². The minimum atomic E-state index is -4.24. The van der Waals surface area contributed by atoms with Crippen LogP contribution in [0.5, 0.6) is 5.75 Å². The molecule has 3 aromatic carbocycles. The molecule has 226 valence electrons. The number of nitrogens with one attached hydrogen (secondary N) is 1. The highest BCUT2D eigenvalue weighted by molar-refractivity contribution is 7.92. The Morgan fingerprint density at radius 1 is 0.929 bits per heavy atom. The molecule has 0 aliphatic carbocycles. The quantitative estimate of drug-likeness (QED) is 0.252. The first kappa shape index (κ1) is 33.5. The Balaban J connectivity index is 2.08. The van der Waals surface area contributed by atoms with Gasteiger partial charge in [0.2, 0.25) is 11.8 Å². The first-order valence-electron chi connectivity index (χ1n) is 13.1. The summed E-state index contributed by atoms with van der Waals surface area (Å²) in [6, 6.07) is 16.0. The maximum Gasteiger partial charge on any atom is 0.264 e. The number of carbonyl (C=O) groups is 2. The van der Waals surface area contributed by atoms with Crippen LogP contribution in [0, 0.1) is 0 Å². The highest BCUT2D eigenvalue weighted by Crippen LogP contribution is 2.28. The molecule has 12 heteroatoms. The topological polar surface area (TPSA) is 96.0 Å². The number of ether oxygens (including phenoxy) is 1. The lowest BCUT2D eigenvalue weighted by atomic mass is 10.1. The predicted octanol–water partition coefficient (Wildman–Crippen LogP) is 6.57. The molecule has 8 nitrogen and oxygen atoms in total. The third-order valence-electron chi connectivity index (χ3n) is 6.26. The molecular weight excluding hydrogens is 621 g/mol. The van der Waals surface area contributed by atoms with Crippen molar-refractivity contribution in [2.24, 2.45) is 0 Å². The Hall–Kier alpha value is -2.98. The third-order valence-corrected chi connectivity index (χ3v) is 9.04. The van der Waals surface area contributed by atoms with Crippen molar-refractivity contribution in [2.45, 2.75) is 57.1 Å². The average molecular weight is 655 g/mol. The fourth-order valence-corrected chi connectivity index (χ4v) is 6.08. The first-order chi connectivity index (χ1) is 19.7. The molecule has 0 heterocycles. The number of hydrogen-bond donors (Lipinski definition) is 1. The Kier molecular flexibility index (Phi) is 11.2. The van der Waals surface area contributed by atoms with Gasteiger partial charge in [0.1, 0.15) is 18.3 Å². The Bertz CT molecular complexity index is 1510. The lowest BCUT2D eigenvalue weighted by Gasteiger charge is -2.34. The summed E-state index contributed by atoms with van der Waals surface area (Å²) in [5.74, 6) is -0.481. The second-order valence-electron chi connectivity index (χ2n) is 10.6. The number of benzene rings is 3. The third kappa shape index (κ3) is 8.53. The molecule has 3 rings (SSSR count). The second kappa shape index (κ2) is 14.0. The molecular formula is C30H34Cl3N3O5S. The summed E-state index contributed by atoms with van der Waals surface area (Å²) in [5.41, 5.74) is 0.289. The lowest BCUT2D eigenvalue weighted by Crippen LogP contribution is -2.55. The largest absolute Gasteiger partial charge is 0.497 e. The van der Waals surface area contributed by atoms with Gasteiger partial charge in [-0.2, -0.15) is 0 Å². The van der Waals surface area contributed by atoms with Gasteiger partial charge < -0.3 is 15.0 Å². The summed E-state index contributed by atoms with van der Waals surface area (Å²) in [7, 11) is -2.76. The zero-order chi connectivity index (χ0) is 31.2. The normalized spacial score (nSPS) is 12.4. The highest BCUT2D eigenvalue weighted by Gasteiger charge is 2.34. The number of amides is 2. The standard InChI is InChI=1S/C30H34Cl3N3O5S/c1-6-27(29(38)34-30(2,3)4)35(18-20-7-16-25(32)26(33)17-20)28(37)19-36(22-10-8-21(31)9-11-22)42(39,40)24-14-12-23(41-5)13-15-24/h7-17,27H,6,18-19H2,1-5H3,(H,34,38)/t27-/m1/s1. The molecule has 2 amide bonds. The Morgan fingerprint density at radius 3 is 2.07 bits per heavy atom. The van der Waals surface area contributed by atoms with Crippen LogP contribution in [-0.4, -0.2) is 50.4 Å². The van der Waals surface area contributed by atoms with E-state index in [1.165, 1.54) is 60.5 Å². The van der Waals surface area contributed by atoms with E-state index in [0.717, 1.165) is 4.31 Å². The molecule has 0 spiro atoms. The molecule has 0 bridgehead atoms. The Morgan fingerprint density at radius 2 is 1.55 bits per heavy atom. The van der Waals surface area contributed by atoms with Crippen LogP contribution in [0.15, 0.2) is 71.6 Å². The van der Waals surface area contributed by atoms with Gasteiger partial charge in [0, 0.05) is 17.1 Å². The van der Waals surface area contributed by atoms with E-state index in [9.17, 15) is 18.0 Å². The van der Waals surface area contributed by atoms with Gasteiger partial charge in [-0.1, -0.05) is 47.8 Å². The van der Waals surface area contributed by atoms with Crippen LogP contribution in [0.1, 0.15) is 39.7 Å². The van der Waals surface area contributed by atoms with E-state index in [4.69, 9.17) is 39.5 Å². The summed E-state index contributed by atoms with van der Waals surface area (Å²) in [6.45, 7) is 6.71. The molecule has 0 fully saturated rings. The molecule has 0 unspecified atom stereocenters. The molecule has 0 aromatic heterocycles. The molecule has 0 saturated heterocycles. The van der Waals surface area contributed by atoms with Gasteiger partial charge in [-0.15, -0.1) is 0 Å². The second-order valence-corrected chi connectivity index (χ2v) is 13.7. The monoisotopic (exact) mass is 653 g/mol. The summed E-state index contributed by atoms with van der Waals surface area (Å²) in [5, 5.41) is 3.97. The molecule has 3 aromatic rings. The summed E-state index contributed by atoms with van der Waals surface area (Å²) >= 11 is 18.4. The van der Waals surface area contributed by atoms with Crippen molar-refractivity contribution in [3.63, 3.8) is 0 Å². The van der Waals surface area contributed by atoms with Crippen LogP contribution in [0.25, 0.3) is 0 Å². The molecule has 1 N–H and O–H groups in total. The number of rotatable bonds is 11. The molecule has 1 atom stereocenters. The van der Waals surface area contributed by atoms with Gasteiger partial charge in [0.15, 0.2) is 0 Å². The number of nitrogens with zero attached hydrogens (tertiary/aromatic N) is 2. The van der Waals surface area contributed by atoms with E-state index in [2.05, 4.69) is 5.32 Å². The van der Waals surface area contributed by atoms with E-state index in [1.54, 1.807) is 25.1 Å². The van der Waals surface area contributed by atoms with Gasteiger partial charge >= 0.3 is 0 Å². The number of anilines is 1. The summed E-state index contributed by atoms with van der Waals surface area (Å²) in [6.07, 6.45) is 0.279. The van der Waals surface area contributed by atoms with Crippen LogP contribution in [0.3, 0.4) is 0 Å². The molecule has 42 heavy (non-hydrogen) atoms. The maximum absolute atomic E-state index is 14.1. The number of carbonyl (C=O) groups excluding carboxylic acids is 2. The predicted molar refractivity (Wildman–Crippen MR) is 168 cm³/mol. The molecule has 0 saturated carbocycles. The van der Waals surface area contributed by atoms with Crippen molar-refractivity contribution in [1.29, 1.82) is 0 Å². The van der Waals surface area contributed by atoms with Crippen molar-refractivity contribution in [1.82, 2.24) is 10.2 Å². The lowest BCUT2D eigenvalue weighted by molar-refractivity contribution is -0.141. The van der Waals surface area contributed by atoms with Crippen LogP contribution in [0.2, 0.25) is 15.1 Å². The van der Waals surface area contributed by atoms with Crippen molar-refractivity contribution in [3.05, 3.63) is 87.4 Å². The number of sulfonamides is 1. The van der Waals surface area contributed by atoms with Crippen LogP contribution in [-0.2, 0) is 26.2 Å². The van der Waals surface area contributed by atoms with E-state index < -0.39 is 34.1 Å². The van der Waals surface area contributed by atoms with Crippen LogP contribution < -0.4 is 14.4 Å². The molecule has 0 radical (unpaired) electrons. The van der Waals surface area contributed by atoms with Crippen molar-refractivity contribution < 1.29 is 22.7 Å². The van der Waals surface area contributed by atoms with E-state index in [1.807, 2.05) is 20.8 Å². The Labute approximate surface area is 262 Å². The van der Waals surface area contributed by atoms with Gasteiger partial charge in [0.25, 0.3) is 10.0 Å². The minimum Gasteiger partial charge on any atom is -0.497 e. The minimum absolute atomic E-state index is 0.0111. The number of halogens is 3. The van der Waals surface area contributed by atoms with Gasteiger partial charge in [-0.05, 0) is 93.4 Å². The smallest absolute Gasteiger partial charge is 0.264 e. The van der Waals surface area contributed by atoms with Gasteiger partial charge in [-0.25, -0.2) is 8.42 Å². The maximum atomic E-state index is 14.1. The summed E-state index contributed by atoms with van der Waals surface area (Å²) in [4.78, 5) is 28.9. The van der Waals surface area contributed by atoms with Crippen molar-refractivity contribution in [3.8, 4) is 5.75 Å². The van der Waals surface area contributed by atoms with E-state index in [-0.39, 0.29) is 29.5 Å². The SMILES string of the molecule is CC[C@H](C(=O)NC(C)(C)C)N(Cc1ccc(Cl)c(Cl)c1)C(=O)CN(c1ccc(Cl)cc1)S(=O)(=O)c1ccc(OC)cc1. The fourth-order valence-electron chi connectivity index (χ4n) is 4.22. The van der Waals surface area contributed by atoms with E-state index in [0.29, 0.717) is 26.4 Å². The zero-order valence-corrected chi connectivity index (χ0v) is 27.1. The average Bonchev–Trinajstić information content (AvgIpc) is 2.93. The first-order valence-corrected chi connectivity index (χ1v) is 15.7. The number of methoxy groups -OCH3 is 1. The summed E-state index contributed by atoms with van der Waals surface area (Å²) < 4.78 is 34.1.